The average molecular weight is 240 g/mol. The molecule has 5 heteroatoms. The molecule has 0 aromatic carbocycles. The van der Waals surface area contributed by atoms with Crippen molar-refractivity contribution in [1.82, 2.24) is 10.3 Å². The van der Waals surface area contributed by atoms with Crippen molar-refractivity contribution in [2.45, 2.75) is 32.2 Å². The van der Waals surface area contributed by atoms with Gasteiger partial charge in [-0.2, -0.15) is 0 Å². The lowest BCUT2D eigenvalue weighted by molar-refractivity contribution is 0.0927. The number of nitrogens with zero attached hydrogens (tertiary/aromatic N) is 1. The number of amides is 1. The Hall–Kier alpha value is -0.940. The van der Waals surface area contributed by atoms with Crippen molar-refractivity contribution in [2.75, 3.05) is 6.61 Å². The summed E-state index contributed by atoms with van der Waals surface area (Å²) in [6.07, 6.45) is 2.97. The molecular weight excluding hydrogens is 224 g/mol. The predicted octanol–water partition coefficient (Wildman–Crippen LogP) is 1.34. The number of aryl methyl sites for hydroxylation is 1. The molecule has 1 heterocycles. The lowest BCUT2D eigenvalue weighted by Crippen LogP contribution is -2.37. The second-order valence-corrected chi connectivity index (χ2v) is 5.05. The molecule has 1 saturated carbocycles. The number of aliphatic hydroxyl groups excluding tert-OH is 1. The number of rotatable bonds is 5. The van der Waals surface area contributed by atoms with Crippen LogP contribution in [0.3, 0.4) is 0 Å². The Morgan fingerprint density at radius 2 is 2.50 bits per heavy atom. The van der Waals surface area contributed by atoms with Gasteiger partial charge in [-0.1, -0.05) is 0 Å². The first-order valence-corrected chi connectivity index (χ1v) is 6.42. The SMILES string of the molecule is Cc1ncsc1C(=O)NC(CCO)C1CC1. The number of aromatic nitrogens is 1. The van der Waals surface area contributed by atoms with Crippen LogP contribution in [-0.4, -0.2) is 28.6 Å². The molecular formula is C11H16N2O2S. The van der Waals surface area contributed by atoms with E-state index in [0.717, 1.165) is 18.5 Å². The summed E-state index contributed by atoms with van der Waals surface area (Å²) in [4.78, 5) is 16.7. The van der Waals surface area contributed by atoms with Crippen molar-refractivity contribution in [3.8, 4) is 0 Å². The highest BCUT2D eigenvalue weighted by molar-refractivity contribution is 7.11. The Kier molecular flexibility index (Phi) is 3.56. The third-order valence-electron chi connectivity index (χ3n) is 2.90. The lowest BCUT2D eigenvalue weighted by atomic mass is 10.1. The molecule has 1 fully saturated rings. The molecule has 1 aliphatic carbocycles. The molecule has 0 spiro atoms. The van der Waals surface area contributed by atoms with Crippen molar-refractivity contribution >= 4 is 17.2 Å². The summed E-state index contributed by atoms with van der Waals surface area (Å²) in [7, 11) is 0. The monoisotopic (exact) mass is 240 g/mol. The summed E-state index contributed by atoms with van der Waals surface area (Å²) < 4.78 is 0. The van der Waals surface area contributed by atoms with Gasteiger partial charge in [0.15, 0.2) is 0 Å². The zero-order valence-electron chi connectivity index (χ0n) is 9.27. The normalized spacial score (nSPS) is 17.1. The highest BCUT2D eigenvalue weighted by atomic mass is 32.1. The lowest BCUT2D eigenvalue weighted by Gasteiger charge is -2.16. The van der Waals surface area contributed by atoms with Crippen LogP contribution in [-0.2, 0) is 0 Å². The predicted molar refractivity (Wildman–Crippen MR) is 62.5 cm³/mol. The third kappa shape index (κ3) is 2.59. The Balaban J connectivity index is 1.97. The molecule has 88 valence electrons. The summed E-state index contributed by atoms with van der Waals surface area (Å²) in [6, 6.07) is 0.124. The minimum atomic E-state index is -0.0506. The van der Waals surface area contributed by atoms with E-state index in [0.29, 0.717) is 17.2 Å². The maximum Gasteiger partial charge on any atom is 0.263 e. The van der Waals surface area contributed by atoms with Crippen LogP contribution < -0.4 is 5.32 Å². The van der Waals surface area contributed by atoms with Crippen molar-refractivity contribution in [3.63, 3.8) is 0 Å². The van der Waals surface area contributed by atoms with E-state index in [1.165, 1.54) is 11.3 Å². The number of aliphatic hydroxyl groups is 1. The van der Waals surface area contributed by atoms with E-state index < -0.39 is 0 Å². The first-order valence-electron chi connectivity index (χ1n) is 5.54. The van der Waals surface area contributed by atoms with E-state index in [-0.39, 0.29) is 18.6 Å². The summed E-state index contributed by atoms with van der Waals surface area (Å²) in [5.41, 5.74) is 2.46. The summed E-state index contributed by atoms with van der Waals surface area (Å²) >= 11 is 1.36. The van der Waals surface area contributed by atoms with Crippen molar-refractivity contribution in [2.24, 2.45) is 5.92 Å². The molecule has 1 aromatic rings. The van der Waals surface area contributed by atoms with Crippen LogP contribution in [0.1, 0.15) is 34.6 Å². The fraction of sp³-hybridized carbons (Fsp3) is 0.636. The third-order valence-corrected chi connectivity index (χ3v) is 3.83. The van der Waals surface area contributed by atoms with Crippen molar-refractivity contribution in [3.05, 3.63) is 16.1 Å². The number of carbonyl (C=O) groups is 1. The van der Waals surface area contributed by atoms with E-state index in [2.05, 4.69) is 10.3 Å². The minimum Gasteiger partial charge on any atom is -0.396 e. The van der Waals surface area contributed by atoms with Crippen LogP contribution in [0.4, 0.5) is 0 Å². The fourth-order valence-corrected chi connectivity index (χ4v) is 2.52. The van der Waals surface area contributed by atoms with Gasteiger partial charge < -0.3 is 10.4 Å². The van der Waals surface area contributed by atoms with E-state index in [9.17, 15) is 4.79 Å². The number of hydrogen-bond donors (Lipinski definition) is 2. The van der Waals surface area contributed by atoms with Crippen molar-refractivity contribution in [1.29, 1.82) is 0 Å². The Labute approximate surface area is 98.7 Å². The molecule has 16 heavy (non-hydrogen) atoms. The van der Waals surface area contributed by atoms with Crippen LogP contribution in [0.25, 0.3) is 0 Å². The Morgan fingerprint density at radius 1 is 1.75 bits per heavy atom. The molecule has 1 aromatic heterocycles. The zero-order chi connectivity index (χ0) is 11.5. The van der Waals surface area contributed by atoms with E-state index in [1.807, 2.05) is 6.92 Å². The first-order chi connectivity index (χ1) is 7.72. The summed E-state index contributed by atoms with van der Waals surface area (Å²) in [5, 5.41) is 11.9. The van der Waals surface area contributed by atoms with Crippen LogP contribution >= 0.6 is 11.3 Å². The average Bonchev–Trinajstić information content (AvgIpc) is 3.00. The molecule has 4 nitrogen and oxygen atoms in total. The van der Waals surface area contributed by atoms with Gasteiger partial charge in [-0.25, -0.2) is 4.98 Å². The first kappa shape index (κ1) is 11.5. The number of nitrogens with one attached hydrogen (secondary N) is 1. The molecule has 0 aliphatic heterocycles. The molecule has 0 radical (unpaired) electrons. The number of thiazole rings is 1. The van der Waals surface area contributed by atoms with E-state index in [4.69, 9.17) is 5.11 Å². The van der Waals surface area contributed by atoms with Gasteiger partial charge in [-0.05, 0) is 32.1 Å². The quantitative estimate of drug-likeness (QED) is 0.816. The molecule has 1 unspecified atom stereocenters. The second-order valence-electron chi connectivity index (χ2n) is 4.20. The second kappa shape index (κ2) is 4.93. The highest BCUT2D eigenvalue weighted by Gasteiger charge is 2.32. The van der Waals surface area contributed by atoms with Gasteiger partial charge >= 0.3 is 0 Å². The summed E-state index contributed by atoms with van der Waals surface area (Å²) in [5.74, 6) is 0.509. The maximum atomic E-state index is 11.9. The fourth-order valence-electron chi connectivity index (χ4n) is 1.82. The summed E-state index contributed by atoms with van der Waals surface area (Å²) in [6.45, 7) is 1.96. The molecule has 0 saturated heterocycles. The highest BCUT2D eigenvalue weighted by Crippen LogP contribution is 2.34. The van der Waals surface area contributed by atoms with Crippen LogP contribution in [0.15, 0.2) is 5.51 Å². The van der Waals surface area contributed by atoms with Gasteiger partial charge in [0.2, 0.25) is 0 Å². The van der Waals surface area contributed by atoms with E-state index in [1.54, 1.807) is 5.51 Å². The van der Waals surface area contributed by atoms with Gasteiger partial charge in [0.05, 0.1) is 11.2 Å². The molecule has 0 bridgehead atoms. The Morgan fingerprint density at radius 3 is 3.00 bits per heavy atom. The largest absolute Gasteiger partial charge is 0.396 e. The van der Waals surface area contributed by atoms with Gasteiger partial charge in [0.1, 0.15) is 4.88 Å². The number of hydrogen-bond acceptors (Lipinski definition) is 4. The van der Waals surface area contributed by atoms with Crippen LogP contribution in [0, 0.1) is 12.8 Å². The molecule has 1 amide bonds. The standard InChI is InChI=1S/C11H16N2O2S/c1-7-10(16-6-12-7)11(15)13-9(4-5-14)8-2-3-8/h6,8-9,14H,2-5H2,1H3,(H,13,15). The Bertz CT molecular complexity index is 374. The van der Waals surface area contributed by atoms with Crippen molar-refractivity contribution < 1.29 is 9.90 Å². The van der Waals surface area contributed by atoms with Gasteiger partial charge in [0.25, 0.3) is 5.91 Å². The van der Waals surface area contributed by atoms with Crippen LogP contribution in [0.5, 0.6) is 0 Å². The molecule has 1 aliphatic rings. The topological polar surface area (TPSA) is 62.2 Å². The zero-order valence-corrected chi connectivity index (χ0v) is 10.1. The van der Waals surface area contributed by atoms with E-state index >= 15 is 0 Å². The van der Waals surface area contributed by atoms with Gasteiger partial charge in [0, 0.05) is 12.6 Å². The number of carbonyl (C=O) groups excluding carboxylic acids is 1. The minimum absolute atomic E-state index is 0.0506. The smallest absolute Gasteiger partial charge is 0.263 e. The molecule has 2 N–H and O–H groups in total. The molecule has 1 atom stereocenters. The maximum absolute atomic E-state index is 11.9. The van der Waals surface area contributed by atoms with Crippen LogP contribution in [0.2, 0.25) is 0 Å². The van der Waals surface area contributed by atoms with Gasteiger partial charge in [-0.15, -0.1) is 11.3 Å². The molecule has 2 rings (SSSR count). The van der Waals surface area contributed by atoms with Gasteiger partial charge in [-0.3, -0.25) is 4.79 Å².